The van der Waals surface area contributed by atoms with Gasteiger partial charge >= 0.3 is 0 Å². The fourth-order valence-electron chi connectivity index (χ4n) is 11.9. The van der Waals surface area contributed by atoms with Crippen LogP contribution in [0.1, 0.15) is 44.1 Å². The minimum Gasteiger partial charge on any atom is -0.456 e. The second-order valence-corrected chi connectivity index (χ2v) is 17.5. The summed E-state index contributed by atoms with van der Waals surface area (Å²) < 4.78 is 6.26. The van der Waals surface area contributed by atoms with Gasteiger partial charge in [-0.1, -0.05) is 133 Å². The molecule has 0 unspecified atom stereocenters. The quantitative estimate of drug-likeness (QED) is 0.161. The lowest BCUT2D eigenvalue weighted by molar-refractivity contribution is -0.00518. The van der Waals surface area contributed by atoms with Gasteiger partial charge in [0.2, 0.25) is 0 Å². The summed E-state index contributed by atoms with van der Waals surface area (Å²) >= 11 is 0. The molecule has 4 aliphatic carbocycles. The molecule has 58 heavy (non-hydrogen) atoms. The first kappa shape index (κ1) is 33.7. The highest BCUT2D eigenvalue weighted by Crippen LogP contribution is 2.61. The number of anilines is 3. The molecule has 0 aliphatic heterocycles. The molecule has 0 radical (unpaired) electrons. The smallest absolute Gasteiger partial charge is 0.136 e. The summed E-state index contributed by atoms with van der Waals surface area (Å²) in [6.45, 7) is 0. The Bertz CT molecular complexity index is 2920. The van der Waals surface area contributed by atoms with Gasteiger partial charge < -0.3 is 9.32 Å². The number of fused-ring (bicyclic) bond motifs is 4. The first-order valence-electron chi connectivity index (χ1n) is 21.2. The molecule has 4 saturated carbocycles. The molecule has 0 amide bonds. The van der Waals surface area contributed by atoms with Crippen molar-refractivity contribution in [1.82, 2.24) is 0 Å². The Morgan fingerprint density at radius 3 is 1.45 bits per heavy atom. The van der Waals surface area contributed by atoms with Crippen molar-refractivity contribution in [3.8, 4) is 33.4 Å². The Morgan fingerprint density at radius 1 is 0.397 bits per heavy atom. The number of rotatable bonds is 7. The van der Waals surface area contributed by atoms with Gasteiger partial charge in [-0.05, 0) is 160 Å². The number of furan rings is 1. The van der Waals surface area contributed by atoms with Crippen molar-refractivity contribution >= 4 is 49.8 Å². The maximum atomic E-state index is 6.26. The first-order chi connectivity index (χ1) is 28.7. The first-order valence-corrected chi connectivity index (χ1v) is 21.2. The standard InChI is InChI=1S/C56H45NO/c1-2-9-40(10-3-1)48-14-6-11-43-12-7-15-49(54(43)48)41-19-25-45(26-20-41)57(47-29-23-44(24-30-47)56-34-37-31-38(35-56)33-39(32-37)36-56)46-27-21-42(22-28-46)50-16-8-18-53-55(50)51-13-4-5-17-52(51)58-53/h1-30,37-39H,31-36H2. The normalized spacial score (nSPS) is 20.9. The second-order valence-electron chi connectivity index (χ2n) is 17.5. The van der Waals surface area contributed by atoms with Crippen LogP contribution in [0.2, 0.25) is 0 Å². The Morgan fingerprint density at radius 2 is 0.862 bits per heavy atom. The van der Waals surface area contributed by atoms with Gasteiger partial charge in [0.25, 0.3) is 0 Å². The number of benzene rings is 8. The van der Waals surface area contributed by atoms with Gasteiger partial charge in [0.05, 0.1) is 0 Å². The van der Waals surface area contributed by atoms with Crippen LogP contribution >= 0.6 is 0 Å². The maximum absolute atomic E-state index is 6.26. The lowest BCUT2D eigenvalue weighted by atomic mass is 9.48. The van der Waals surface area contributed by atoms with E-state index in [1.165, 1.54) is 93.8 Å². The fourth-order valence-corrected chi connectivity index (χ4v) is 11.9. The van der Waals surface area contributed by atoms with Gasteiger partial charge in [-0.15, -0.1) is 0 Å². The number of hydrogen-bond acceptors (Lipinski definition) is 2. The van der Waals surface area contributed by atoms with Crippen molar-refractivity contribution in [2.24, 2.45) is 17.8 Å². The van der Waals surface area contributed by atoms with E-state index in [1.54, 1.807) is 5.56 Å². The van der Waals surface area contributed by atoms with Crippen LogP contribution in [0.3, 0.4) is 0 Å². The van der Waals surface area contributed by atoms with E-state index in [1.807, 2.05) is 6.07 Å². The third kappa shape index (κ3) is 5.53. The molecule has 4 fully saturated rings. The zero-order valence-corrected chi connectivity index (χ0v) is 32.7. The molecule has 0 spiro atoms. The zero-order valence-electron chi connectivity index (χ0n) is 32.7. The minimum absolute atomic E-state index is 0.372. The van der Waals surface area contributed by atoms with Crippen LogP contribution in [0.15, 0.2) is 186 Å². The molecule has 1 heterocycles. The highest BCUT2D eigenvalue weighted by atomic mass is 16.3. The fraction of sp³-hybridized carbons (Fsp3) is 0.179. The molecular formula is C56H45NO. The van der Waals surface area contributed by atoms with Gasteiger partial charge in [0, 0.05) is 27.8 Å². The second kappa shape index (κ2) is 13.4. The highest BCUT2D eigenvalue weighted by molar-refractivity contribution is 6.12. The molecule has 0 N–H and O–H groups in total. The molecular weight excluding hydrogens is 703 g/mol. The Labute approximate surface area is 340 Å². The number of nitrogens with zero attached hydrogens (tertiary/aromatic N) is 1. The molecule has 0 saturated heterocycles. The van der Waals surface area contributed by atoms with Crippen LogP contribution in [-0.2, 0) is 5.41 Å². The van der Waals surface area contributed by atoms with Crippen molar-refractivity contribution in [2.75, 3.05) is 4.90 Å². The van der Waals surface area contributed by atoms with Crippen LogP contribution < -0.4 is 4.90 Å². The summed E-state index contributed by atoms with van der Waals surface area (Å²) in [5.41, 5.74) is 14.6. The molecule has 0 atom stereocenters. The molecule has 2 nitrogen and oxygen atoms in total. The Hall–Kier alpha value is -6.38. The lowest BCUT2D eigenvalue weighted by Crippen LogP contribution is -2.48. The maximum Gasteiger partial charge on any atom is 0.136 e. The molecule has 13 rings (SSSR count). The highest BCUT2D eigenvalue weighted by Gasteiger charge is 2.51. The third-order valence-corrected chi connectivity index (χ3v) is 14.0. The van der Waals surface area contributed by atoms with E-state index in [2.05, 4.69) is 181 Å². The van der Waals surface area contributed by atoms with Crippen molar-refractivity contribution < 1.29 is 4.42 Å². The molecule has 9 aromatic rings. The van der Waals surface area contributed by atoms with E-state index < -0.39 is 0 Å². The number of para-hydroxylation sites is 1. The third-order valence-electron chi connectivity index (χ3n) is 14.0. The summed E-state index contributed by atoms with van der Waals surface area (Å²) in [4.78, 5) is 2.43. The molecule has 1 aromatic heterocycles. The zero-order chi connectivity index (χ0) is 38.2. The SMILES string of the molecule is c1ccc(-c2cccc3cccc(-c4ccc(N(c5ccc(-c6cccc7oc8ccccc8c67)cc5)c5ccc(C67CC8CC(CC(C8)C6)C7)cc5)cc4)c23)cc1. The molecule has 280 valence electrons. The van der Waals surface area contributed by atoms with E-state index in [-0.39, 0.29) is 0 Å². The van der Waals surface area contributed by atoms with E-state index in [0.29, 0.717) is 5.41 Å². The van der Waals surface area contributed by atoms with Crippen LogP contribution in [0.4, 0.5) is 17.1 Å². The minimum atomic E-state index is 0.372. The summed E-state index contributed by atoms with van der Waals surface area (Å²) in [6.07, 6.45) is 8.54. The van der Waals surface area contributed by atoms with Gasteiger partial charge in [-0.25, -0.2) is 0 Å². The molecule has 8 aromatic carbocycles. The van der Waals surface area contributed by atoms with E-state index in [0.717, 1.165) is 45.7 Å². The van der Waals surface area contributed by atoms with Crippen molar-refractivity contribution in [1.29, 1.82) is 0 Å². The summed E-state index contributed by atoms with van der Waals surface area (Å²) in [5.74, 6) is 2.78. The largest absolute Gasteiger partial charge is 0.456 e. The topological polar surface area (TPSA) is 16.4 Å². The van der Waals surface area contributed by atoms with Crippen molar-refractivity contribution in [3.63, 3.8) is 0 Å². The van der Waals surface area contributed by atoms with Gasteiger partial charge in [0.1, 0.15) is 11.2 Å². The van der Waals surface area contributed by atoms with Crippen molar-refractivity contribution in [3.05, 3.63) is 188 Å². The predicted octanol–water partition coefficient (Wildman–Crippen LogP) is 15.7. The van der Waals surface area contributed by atoms with Gasteiger partial charge in [-0.3, -0.25) is 0 Å². The Kier molecular flexibility index (Phi) is 7.76. The van der Waals surface area contributed by atoms with Crippen LogP contribution in [0, 0.1) is 17.8 Å². The summed E-state index contributed by atoms with van der Waals surface area (Å²) in [7, 11) is 0. The van der Waals surface area contributed by atoms with Crippen molar-refractivity contribution in [2.45, 2.75) is 43.9 Å². The van der Waals surface area contributed by atoms with E-state index >= 15 is 0 Å². The molecule has 4 aliphatic rings. The van der Waals surface area contributed by atoms with Crippen LogP contribution in [-0.4, -0.2) is 0 Å². The van der Waals surface area contributed by atoms with E-state index in [4.69, 9.17) is 4.42 Å². The van der Waals surface area contributed by atoms with Gasteiger partial charge in [-0.2, -0.15) is 0 Å². The van der Waals surface area contributed by atoms with Crippen LogP contribution in [0.5, 0.6) is 0 Å². The predicted molar refractivity (Wildman–Crippen MR) is 242 cm³/mol. The molecule has 4 bridgehead atoms. The van der Waals surface area contributed by atoms with Crippen LogP contribution in [0.25, 0.3) is 66.1 Å². The average Bonchev–Trinajstić information content (AvgIpc) is 3.66. The van der Waals surface area contributed by atoms with E-state index in [9.17, 15) is 0 Å². The summed E-state index contributed by atoms with van der Waals surface area (Å²) in [5, 5.41) is 4.86. The number of hydrogen-bond donors (Lipinski definition) is 0. The van der Waals surface area contributed by atoms with Gasteiger partial charge in [0.15, 0.2) is 0 Å². The summed E-state index contributed by atoms with van der Waals surface area (Å²) in [6, 6.07) is 67.0. The monoisotopic (exact) mass is 747 g/mol. The Balaban J connectivity index is 0.948. The molecule has 2 heteroatoms. The average molecular weight is 748 g/mol. The lowest BCUT2D eigenvalue weighted by Gasteiger charge is -2.57.